The van der Waals surface area contributed by atoms with Crippen LogP contribution in [-0.4, -0.2) is 57.0 Å². The van der Waals surface area contributed by atoms with Crippen molar-refractivity contribution in [1.29, 1.82) is 0 Å². The average molecular weight is 257 g/mol. The number of nitrogens with zero attached hydrogens (tertiary/aromatic N) is 1. The number of rotatable bonds is 4. The van der Waals surface area contributed by atoms with Crippen LogP contribution in [0.4, 0.5) is 0 Å². The number of hydrogen-bond acceptors (Lipinski definition) is 4. The first-order valence-corrected chi connectivity index (χ1v) is 7.02. The van der Waals surface area contributed by atoms with Gasteiger partial charge in [0.25, 0.3) is 0 Å². The van der Waals surface area contributed by atoms with Gasteiger partial charge in [-0.3, -0.25) is 4.90 Å². The summed E-state index contributed by atoms with van der Waals surface area (Å²) >= 11 is 0. The lowest BCUT2D eigenvalue weighted by Gasteiger charge is -2.33. The molecule has 1 unspecified atom stereocenters. The SMILES string of the molecule is CCS(=O)(=O)CCN1CCNCC1C.Cl. The van der Waals surface area contributed by atoms with Crippen LogP contribution in [0.15, 0.2) is 0 Å². The van der Waals surface area contributed by atoms with Crippen LogP contribution in [-0.2, 0) is 9.84 Å². The molecule has 0 aromatic rings. The maximum atomic E-state index is 11.3. The summed E-state index contributed by atoms with van der Waals surface area (Å²) in [6.07, 6.45) is 0. The molecule has 1 heterocycles. The fourth-order valence-corrected chi connectivity index (χ4v) is 2.42. The molecular weight excluding hydrogens is 236 g/mol. The van der Waals surface area contributed by atoms with E-state index in [1.54, 1.807) is 6.92 Å². The van der Waals surface area contributed by atoms with Gasteiger partial charge in [0.05, 0.1) is 5.75 Å². The monoisotopic (exact) mass is 256 g/mol. The van der Waals surface area contributed by atoms with Gasteiger partial charge in [0.15, 0.2) is 9.84 Å². The predicted molar refractivity (Wildman–Crippen MR) is 65.5 cm³/mol. The van der Waals surface area contributed by atoms with Gasteiger partial charge < -0.3 is 5.32 Å². The van der Waals surface area contributed by atoms with Crippen LogP contribution in [0.5, 0.6) is 0 Å². The van der Waals surface area contributed by atoms with Gasteiger partial charge in [-0.05, 0) is 6.92 Å². The van der Waals surface area contributed by atoms with Crippen LogP contribution in [0.2, 0.25) is 0 Å². The Morgan fingerprint density at radius 3 is 2.67 bits per heavy atom. The van der Waals surface area contributed by atoms with Crippen molar-refractivity contribution >= 4 is 22.2 Å². The second kappa shape index (κ2) is 6.68. The van der Waals surface area contributed by atoms with E-state index >= 15 is 0 Å². The first-order valence-electron chi connectivity index (χ1n) is 5.20. The Labute approximate surface area is 98.7 Å². The minimum absolute atomic E-state index is 0. The van der Waals surface area contributed by atoms with Gasteiger partial charge in [-0.15, -0.1) is 12.4 Å². The smallest absolute Gasteiger partial charge is 0.151 e. The molecule has 0 saturated carbocycles. The molecule has 0 aromatic heterocycles. The van der Waals surface area contributed by atoms with E-state index < -0.39 is 9.84 Å². The molecule has 1 saturated heterocycles. The summed E-state index contributed by atoms with van der Waals surface area (Å²) < 4.78 is 22.6. The van der Waals surface area contributed by atoms with Gasteiger partial charge in [-0.1, -0.05) is 6.92 Å². The van der Waals surface area contributed by atoms with Gasteiger partial charge in [0, 0.05) is 38.0 Å². The van der Waals surface area contributed by atoms with E-state index in [4.69, 9.17) is 0 Å². The molecule has 0 aromatic carbocycles. The van der Waals surface area contributed by atoms with Crippen molar-refractivity contribution in [3.8, 4) is 0 Å². The molecule has 0 aliphatic carbocycles. The molecule has 1 aliphatic rings. The first kappa shape index (κ1) is 15.2. The third kappa shape index (κ3) is 5.15. The summed E-state index contributed by atoms with van der Waals surface area (Å²) in [4.78, 5) is 2.24. The molecule has 1 rings (SSSR count). The van der Waals surface area contributed by atoms with E-state index in [2.05, 4.69) is 17.1 Å². The Kier molecular flexibility index (Phi) is 6.75. The predicted octanol–water partition coefficient (Wildman–Crippen LogP) is 0.137. The van der Waals surface area contributed by atoms with Gasteiger partial charge >= 0.3 is 0 Å². The Hall–Kier alpha value is 0.160. The van der Waals surface area contributed by atoms with Crippen LogP contribution in [0.25, 0.3) is 0 Å². The van der Waals surface area contributed by atoms with Crippen molar-refractivity contribution in [2.45, 2.75) is 19.9 Å². The van der Waals surface area contributed by atoms with Crippen molar-refractivity contribution in [1.82, 2.24) is 10.2 Å². The molecule has 4 nitrogen and oxygen atoms in total. The van der Waals surface area contributed by atoms with E-state index in [1.807, 2.05) is 0 Å². The van der Waals surface area contributed by atoms with Crippen LogP contribution in [0, 0.1) is 0 Å². The summed E-state index contributed by atoms with van der Waals surface area (Å²) in [5.41, 5.74) is 0. The van der Waals surface area contributed by atoms with Gasteiger partial charge in [0.1, 0.15) is 0 Å². The fourth-order valence-electron chi connectivity index (χ4n) is 1.62. The second-order valence-corrected chi connectivity index (χ2v) is 6.30. The molecule has 1 fully saturated rings. The Morgan fingerprint density at radius 1 is 1.47 bits per heavy atom. The molecule has 1 N–H and O–H groups in total. The lowest BCUT2D eigenvalue weighted by Crippen LogP contribution is -2.51. The molecule has 0 radical (unpaired) electrons. The quantitative estimate of drug-likeness (QED) is 0.777. The summed E-state index contributed by atoms with van der Waals surface area (Å²) in [6, 6.07) is 0.454. The number of piperazine rings is 1. The topological polar surface area (TPSA) is 49.4 Å². The highest BCUT2D eigenvalue weighted by Gasteiger charge is 2.19. The molecule has 92 valence electrons. The van der Waals surface area contributed by atoms with Gasteiger partial charge in [0.2, 0.25) is 0 Å². The minimum atomic E-state index is -2.80. The molecule has 0 bridgehead atoms. The minimum Gasteiger partial charge on any atom is -0.314 e. The van der Waals surface area contributed by atoms with E-state index in [9.17, 15) is 8.42 Å². The third-order valence-electron chi connectivity index (χ3n) is 2.77. The molecule has 15 heavy (non-hydrogen) atoms. The van der Waals surface area contributed by atoms with Crippen LogP contribution < -0.4 is 5.32 Å². The zero-order chi connectivity index (χ0) is 10.6. The molecule has 0 spiro atoms. The molecule has 0 amide bonds. The van der Waals surface area contributed by atoms with Crippen molar-refractivity contribution in [3.05, 3.63) is 0 Å². The van der Waals surface area contributed by atoms with Crippen LogP contribution >= 0.6 is 12.4 Å². The maximum Gasteiger partial charge on any atom is 0.151 e. The van der Waals surface area contributed by atoms with E-state index in [-0.39, 0.29) is 18.2 Å². The average Bonchev–Trinajstić information content (AvgIpc) is 2.17. The normalized spacial score (nSPS) is 23.5. The van der Waals surface area contributed by atoms with E-state index in [0.717, 1.165) is 19.6 Å². The highest BCUT2D eigenvalue weighted by Crippen LogP contribution is 2.02. The van der Waals surface area contributed by atoms with Crippen LogP contribution in [0.1, 0.15) is 13.8 Å². The molecule has 6 heteroatoms. The zero-order valence-electron chi connectivity index (χ0n) is 9.40. The number of sulfone groups is 1. The number of nitrogens with one attached hydrogen (secondary N) is 1. The summed E-state index contributed by atoms with van der Waals surface area (Å²) in [5, 5.41) is 3.28. The van der Waals surface area contributed by atoms with Crippen LogP contribution in [0.3, 0.4) is 0 Å². The Bertz CT molecular complexity index is 269. The van der Waals surface area contributed by atoms with Crippen molar-refractivity contribution in [2.75, 3.05) is 37.7 Å². The lowest BCUT2D eigenvalue weighted by atomic mass is 10.2. The van der Waals surface area contributed by atoms with E-state index in [1.165, 1.54) is 0 Å². The Morgan fingerprint density at radius 2 is 2.13 bits per heavy atom. The van der Waals surface area contributed by atoms with Crippen molar-refractivity contribution in [3.63, 3.8) is 0 Å². The molecule has 1 atom stereocenters. The first-order chi connectivity index (χ1) is 6.55. The van der Waals surface area contributed by atoms with E-state index in [0.29, 0.717) is 18.3 Å². The lowest BCUT2D eigenvalue weighted by molar-refractivity contribution is 0.184. The highest BCUT2D eigenvalue weighted by molar-refractivity contribution is 7.91. The zero-order valence-corrected chi connectivity index (χ0v) is 11.0. The number of halogens is 1. The summed E-state index contributed by atoms with van der Waals surface area (Å²) in [5.74, 6) is 0.557. The molecule has 1 aliphatic heterocycles. The fraction of sp³-hybridized carbons (Fsp3) is 1.00. The highest BCUT2D eigenvalue weighted by atomic mass is 35.5. The van der Waals surface area contributed by atoms with Crippen molar-refractivity contribution in [2.24, 2.45) is 0 Å². The molecular formula is C9H21ClN2O2S. The maximum absolute atomic E-state index is 11.3. The standard InChI is InChI=1S/C9H20N2O2S.ClH/c1-3-14(12,13)7-6-11-5-4-10-8-9(11)2;/h9-10H,3-8H2,1-2H3;1H. The summed E-state index contributed by atoms with van der Waals surface area (Å²) in [6.45, 7) is 7.41. The largest absolute Gasteiger partial charge is 0.314 e. The summed E-state index contributed by atoms with van der Waals surface area (Å²) in [7, 11) is -2.80. The van der Waals surface area contributed by atoms with Crippen molar-refractivity contribution < 1.29 is 8.42 Å². The third-order valence-corrected chi connectivity index (χ3v) is 4.45. The van der Waals surface area contributed by atoms with Gasteiger partial charge in [-0.25, -0.2) is 8.42 Å². The van der Waals surface area contributed by atoms with Gasteiger partial charge in [-0.2, -0.15) is 0 Å². The second-order valence-electron chi connectivity index (χ2n) is 3.83. The number of hydrogen-bond donors (Lipinski definition) is 1. The Balaban J connectivity index is 0.00000196.